The Morgan fingerprint density at radius 3 is 2.95 bits per heavy atom. The summed E-state index contributed by atoms with van der Waals surface area (Å²) in [5, 5.41) is 2.61. The molecule has 20 heavy (non-hydrogen) atoms. The number of thiazole rings is 1. The van der Waals surface area contributed by atoms with Gasteiger partial charge in [-0.3, -0.25) is 0 Å². The number of alkyl halides is 1. The van der Waals surface area contributed by atoms with Crippen LogP contribution in [-0.2, 0) is 13.0 Å². The van der Waals surface area contributed by atoms with Crippen LogP contribution in [-0.4, -0.2) is 14.5 Å². The highest BCUT2D eigenvalue weighted by molar-refractivity contribution is 7.07. The highest BCUT2D eigenvalue weighted by Gasteiger charge is 2.16. The molecule has 0 aliphatic rings. The van der Waals surface area contributed by atoms with Crippen molar-refractivity contribution < 1.29 is 0 Å². The number of aryl methyl sites for hydroxylation is 2. The molecule has 3 aromatic rings. The van der Waals surface area contributed by atoms with Crippen LogP contribution in [0.3, 0.4) is 0 Å². The molecule has 1 unspecified atom stereocenters. The Kier molecular flexibility index (Phi) is 3.96. The maximum Gasteiger partial charge on any atom is 0.127 e. The smallest absolute Gasteiger partial charge is 0.127 e. The van der Waals surface area contributed by atoms with Gasteiger partial charge in [-0.25, -0.2) is 9.97 Å². The molecule has 0 aliphatic carbocycles. The lowest BCUT2D eigenvalue weighted by molar-refractivity contribution is 0.662. The van der Waals surface area contributed by atoms with Crippen molar-refractivity contribution in [1.29, 1.82) is 0 Å². The first-order chi connectivity index (χ1) is 9.66. The predicted octanol–water partition coefficient (Wildman–Crippen LogP) is 4.69. The van der Waals surface area contributed by atoms with Crippen LogP contribution in [0, 0.1) is 0 Å². The van der Waals surface area contributed by atoms with Gasteiger partial charge >= 0.3 is 0 Å². The van der Waals surface area contributed by atoms with Crippen molar-refractivity contribution in [1.82, 2.24) is 14.5 Å². The molecule has 2 heterocycles. The summed E-state index contributed by atoms with van der Waals surface area (Å²) in [6, 6.07) is 5.75. The molecule has 3 rings (SSSR count). The molecule has 0 amide bonds. The van der Waals surface area contributed by atoms with Gasteiger partial charge in [0.05, 0.1) is 32.6 Å². The molecule has 0 fully saturated rings. The summed E-state index contributed by atoms with van der Waals surface area (Å²) in [4.78, 5) is 8.91. The Labute approximate surface area is 131 Å². The molecule has 0 saturated heterocycles. The van der Waals surface area contributed by atoms with Crippen molar-refractivity contribution in [3.8, 4) is 0 Å². The van der Waals surface area contributed by atoms with E-state index in [2.05, 4.69) is 19.9 Å². The highest BCUT2D eigenvalue weighted by Crippen LogP contribution is 2.29. The Morgan fingerprint density at radius 2 is 2.25 bits per heavy atom. The normalized spacial score (nSPS) is 12.9. The number of imidazole rings is 1. The van der Waals surface area contributed by atoms with Crippen LogP contribution in [0.25, 0.3) is 11.0 Å². The number of hydrogen-bond donors (Lipinski definition) is 0. The summed E-state index contributed by atoms with van der Waals surface area (Å²) in [7, 11) is 0. The minimum absolute atomic E-state index is 0.158. The SMILES string of the molecule is CC(Cl)c1nc2cccc(Cl)c2n1CCc1cscn1. The molecule has 1 atom stereocenters. The average Bonchev–Trinajstić information content (AvgIpc) is 3.03. The van der Waals surface area contributed by atoms with E-state index in [0.717, 1.165) is 35.5 Å². The van der Waals surface area contributed by atoms with Gasteiger partial charge in [-0.05, 0) is 19.1 Å². The summed E-state index contributed by atoms with van der Waals surface area (Å²) in [5.74, 6) is 0.852. The lowest BCUT2D eigenvalue weighted by atomic mass is 10.3. The molecule has 1 aromatic carbocycles. The fraction of sp³-hybridized carbons (Fsp3) is 0.286. The number of hydrogen-bond acceptors (Lipinski definition) is 3. The second-order valence-corrected chi connectivity index (χ2v) is 6.36. The van der Waals surface area contributed by atoms with Crippen molar-refractivity contribution in [2.45, 2.75) is 25.3 Å². The Morgan fingerprint density at radius 1 is 1.40 bits per heavy atom. The van der Waals surface area contributed by atoms with Gasteiger partial charge in [0, 0.05) is 18.3 Å². The van der Waals surface area contributed by atoms with E-state index in [1.807, 2.05) is 30.6 Å². The minimum atomic E-state index is -0.158. The van der Waals surface area contributed by atoms with E-state index < -0.39 is 0 Å². The van der Waals surface area contributed by atoms with Crippen LogP contribution >= 0.6 is 34.5 Å². The maximum atomic E-state index is 6.32. The topological polar surface area (TPSA) is 30.7 Å². The summed E-state index contributed by atoms with van der Waals surface area (Å²) in [6.45, 7) is 2.70. The van der Waals surface area contributed by atoms with E-state index >= 15 is 0 Å². The van der Waals surface area contributed by atoms with Crippen molar-refractivity contribution in [3.05, 3.63) is 45.6 Å². The molecule has 104 valence electrons. The first-order valence-corrected chi connectivity index (χ1v) is 8.08. The molecule has 0 radical (unpaired) electrons. The third-order valence-electron chi connectivity index (χ3n) is 3.18. The summed E-state index contributed by atoms with van der Waals surface area (Å²) in [6.07, 6.45) is 0.844. The minimum Gasteiger partial charge on any atom is -0.325 e. The van der Waals surface area contributed by atoms with Crippen LogP contribution in [0.2, 0.25) is 5.02 Å². The fourth-order valence-corrected chi connectivity index (χ4v) is 3.31. The van der Waals surface area contributed by atoms with Gasteiger partial charge in [-0.1, -0.05) is 17.7 Å². The fourth-order valence-electron chi connectivity index (χ4n) is 2.28. The number of rotatable bonds is 4. The number of aromatic nitrogens is 3. The number of para-hydroxylation sites is 1. The van der Waals surface area contributed by atoms with E-state index in [9.17, 15) is 0 Å². The molecule has 0 spiro atoms. The molecule has 0 aliphatic heterocycles. The zero-order valence-electron chi connectivity index (χ0n) is 10.9. The van der Waals surface area contributed by atoms with Crippen LogP contribution in [0.5, 0.6) is 0 Å². The molecule has 3 nitrogen and oxygen atoms in total. The second kappa shape index (κ2) is 5.72. The number of fused-ring (bicyclic) bond motifs is 1. The van der Waals surface area contributed by atoms with Crippen molar-refractivity contribution in [2.75, 3.05) is 0 Å². The molecule has 2 aromatic heterocycles. The molecule has 0 N–H and O–H groups in total. The maximum absolute atomic E-state index is 6.32. The highest BCUT2D eigenvalue weighted by atomic mass is 35.5. The van der Waals surface area contributed by atoms with Gasteiger partial charge in [0.1, 0.15) is 5.82 Å². The zero-order chi connectivity index (χ0) is 14.1. The lowest BCUT2D eigenvalue weighted by Gasteiger charge is -2.10. The van der Waals surface area contributed by atoms with Crippen molar-refractivity contribution in [2.24, 2.45) is 0 Å². The Balaban J connectivity index is 2.04. The third kappa shape index (κ3) is 2.55. The van der Waals surface area contributed by atoms with E-state index in [1.54, 1.807) is 11.3 Å². The van der Waals surface area contributed by atoms with E-state index in [-0.39, 0.29) is 5.38 Å². The summed E-state index contributed by atoms with van der Waals surface area (Å²) < 4.78 is 2.11. The van der Waals surface area contributed by atoms with E-state index in [4.69, 9.17) is 23.2 Å². The van der Waals surface area contributed by atoms with E-state index in [0.29, 0.717) is 5.02 Å². The average molecular weight is 326 g/mol. The molecule has 6 heteroatoms. The lowest BCUT2D eigenvalue weighted by Crippen LogP contribution is -2.07. The predicted molar refractivity (Wildman–Crippen MR) is 84.8 cm³/mol. The van der Waals surface area contributed by atoms with Crippen molar-refractivity contribution in [3.63, 3.8) is 0 Å². The first-order valence-electron chi connectivity index (χ1n) is 6.32. The zero-order valence-corrected chi connectivity index (χ0v) is 13.2. The van der Waals surface area contributed by atoms with Crippen LogP contribution < -0.4 is 0 Å². The second-order valence-electron chi connectivity index (χ2n) is 4.57. The summed E-state index contributed by atoms with van der Waals surface area (Å²) in [5.41, 5.74) is 4.77. The number of halogens is 2. The van der Waals surface area contributed by atoms with Gasteiger partial charge < -0.3 is 4.57 Å². The molecular formula is C14H13Cl2N3S. The van der Waals surface area contributed by atoms with Crippen LogP contribution in [0.15, 0.2) is 29.1 Å². The summed E-state index contributed by atoms with van der Waals surface area (Å²) >= 11 is 14.2. The van der Waals surface area contributed by atoms with Gasteiger partial charge in [0.15, 0.2) is 0 Å². The number of benzene rings is 1. The van der Waals surface area contributed by atoms with Gasteiger partial charge in [0.2, 0.25) is 0 Å². The van der Waals surface area contributed by atoms with E-state index in [1.165, 1.54) is 0 Å². The van der Waals surface area contributed by atoms with Gasteiger partial charge in [-0.15, -0.1) is 22.9 Å². The van der Waals surface area contributed by atoms with Gasteiger partial charge in [0.25, 0.3) is 0 Å². The molecular weight excluding hydrogens is 313 g/mol. The first kappa shape index (κ1) is 13.9. The Bertz CT molecular complexity index is 719. The van der Waals surface area contributed by atoms with Gasteiger partial charge in [-0.2, -0.15) is 0 Å². The monoisotopic (exact) mass is 325 g/mol. The molecule has 0 saturated carbocycles. The van der Waals surface area contributed by atoms with Crippen LogP contribution in [0.1, 0.15) is 23.8 Å². The largest absolute Gasteiger partial charge is 0.325 e. The number of nitrogens with zero attached hydrogens (tertiary/aromatic N) is 3. The Hall–Kier alpha value is -1.10. The van der Waals surface area contributed by atoms with Crippen LogP contribution in [0.4, 0.5) is 0 Å². The quantitative estimate of drug-likeness (QED) is 0.651. The van der Waals surface area contributed by atoms with Crippen molar-refractivity contribution >= 4 is 45.6 Å². The third-order valence-corrected chi connectivity index (χ3v) is 4.31. The molecule has 0 bridgehead atoms. The standard InChI is InChI=1S/C14H13Cl2N3S/c1-9(15)14-18-12-4-2-3-11(16)13(12)19(14)6-5-10-7-20-8-17-10/h2-4,7-9H,5-6H2,1H3.